The monoisotopic (exact) mass is 313 g/mol. The van der Waals surface area contributed by atoms with Gasteiger partial charge >= 0.3 is 5.97 Å². The Bertz CT molecular complexity index is 131. The maximum absolute atomic E-state index is 10.7. The third-order valence-electron chi connectivity index (χ3n) is 1.14. The third-order valence-corrected chi connectivity index (χ3v) is 1.14. The molecule has 0 aromatic rings. The Kier molecular flexibility index (Phi) is 3.53. The molecule has 1 rings (SSSR count). The predicted octanol–water partition coefficient (Wildman–Crippen LogP) is 0.150. The van der Waals surface area contributed by atoms with Gasteiger partial charge in [-0.2, -0.15) is 0 Å². The molecule has 1 fully saturated rings. The summed E-state index contributed by atoms with van der Waals surface area (Å²) in [4.78, 5) is 10.7. The molecule has 1 unspecified atom stereocenters. The van der Waals surface area contributed by atoms with Crippen LogP contribution in [-0.4, -0.2) is 24.8 Å². The van der Waals surface area contributed by atoms with Crippen LogP contribution in [0.1, 0.15) is 6.92 Å². The predicted molar refractivity (Wildman–Crippen MR) is 30.7 cm³/mol. The molecule has 1 aliphatic rings. The number of rotatable bonds is 2. The van der Waals surface area contributed by atoms with Gasteiger partial charge < -0.3 is 9.47 Å². The van der Waals surface area contributed by atoms with E-state index in [9.17, 15) is 4.79 Å². The van der Waals surface area contributed by atoms with Crippen LogP contribution in [0.5, 0.6) is 0 Å². The van der Waals surface area contributed by atoms with Crippen molar-refractivity contribution >= 4 is 5.97 Å². The van der Waals surface area contributed by atoms with Crippen LogP contribution in [-0.2, 0) is 35.3 Å². The van der Waals surface area contributed by atoms with Crippen molar-refractivity contribution in [1.29, 1.82) is 0 Å². The Labute approximate surface area is 74.3 Å². The topological polar surface area (TPSA) is 38.8 Å². The minimum absolute atomic E-state index is 0. The van der Waals surface area contributed by atoms with E-state index in [2.05, 4.69) is 11.7 Å². The molecule has 0 aromatic carbocycles. The Balaban J connectivity index is 0.000000810. The molecule has 1 heterocycles. The number of esters is 1. The minimum atomic E-state index is -0.851. The van der Waals surface area contributed by atoms with Gasteiger partial charge in [-0.3, -0.25) is 11.7 Å². The Morgan fingerprint density at radius 1 is 1.90 bits per heavy atom. The summed E-state index contributed by atoms with van der Waals surface area (Å²) in [5.74, 6) is -0.356. The molecule has 1 aliphatic heterocycles. The average molecular weight is 313 g/mol. The van der Waals surface area contributed by atoms with Gasteiger partial charge in [0, 0.05) is 21.1 Å². The fourth-order valence-corrected chi connectivity index (χ4v) is 0.468. The number of hydrogen-bond donors (Lipinski definition) is 0. The molecule has 4 heteroatoms. The average Bonchev–Trinajstić information content (AvgIpc) is 2.50. The van der Waals surface area contributed by atoms with E-state index in [1.165, 1.54) is 0 Å². The van der Waals surface area contributed by atoms with Crippen molar-refractivity contribution in [3.8, 4) is 0 Å². The van der Waals surface area contributed by atoms with Crippen LogP contribution in [0, 0.1) is 6.92 Å². The summed E-state index contributed by atoms with van der Waals surface area (Å²) in [6.07, 6.45) is 0. The van der Waals surface area contributed by atoms with Gasteiger partial charge in [0.2, 0.25) is 0 Å². The van der Waals surface area contributed by atoms with Crippen LogP contribution in [0.4, 0.5) is 0 Å². The third kappa shape index (κ3) is 2.06. The summed E-state index contributed by atoms with van der Waals surface area (Å²) in [6, 6.07) is 0. The van der Waals surface area contributed by atoms with Gasteiger partial charge in [0.05, 0.1) is 18.8 Å². The molecule has 0 N–H and O–H groups in total. The van der Waals surface area contributed by atoms with E-state index in [-0.39, 0.29) is 27.0 Å². The SMILES string of the molecule is [CH2-]C1(C(=O)OCC)CO1.[W]. The van der Waals surface area contributed by atoms with Crippen molar-refractivity contribution < 1.29 is 35.3 Å². The smallest absolute Gasteiger partial charge is 0.309 e. The Morgan fingerprint density at radius 2 is 2.40 bits per heavy atom. The number of ether oxygens (including phenoxy) is 2. The zero-order valence-electron chi connectivity index (χ0n) is 5.75. The van der Waals surface area contributed by atoms with Crippen molar-refractivity contribution in [2.24, 2.45) is 0 Å². The van der Waals surface area contributed by atoms with Gasteiger partial charge in [-0.15, -0.1) is 0 Å². The summed E-state index contributed by atoms with van der Waals surface area (Å²) >= 11 is 0. The summed E-state index contributed by atoms with van der Waals surface area (Å²) in [5, 5.41) is 0. The quantitative estimate of drug-likeness (QED) is 0.414. The van der Waals surface area contributed by atoms with Crippen LogP contribution in [0.2, 0.25) is 0 Å². The number of carbonyl (C=O) groups excluding carboxylic acids is 1. The molecule has 1 atom stereocenters. The van der Waals surface area contributed by atoms with Crippen LogP contribution < -0.4 is 0 Å². The van der Waals surface area contributed by atoms with E-state index < -0.39 is 5.60 Å². The van der Waals surface area contributed by atoms with Gasteiger partial charge in [0.25, 0.3) is 0 Å². The molecule has 3 nitrogen and oxygen atoms in total. The molecule has 58 valence electrons. The first-order chi connectivity index (χ1) is 4.19. The number of carbonyl (C=O) groups is 1. The number of epoxide rings is 1. The normalized spacial score (nSPS) is 28.6. The molecular formula is C6H9O3W-. The fraction of sp³-hybridized carbons (Fsp3) is 0.667. The first-order valence-electron chi connectivity index (χ1n) is 2.85. The van der Waals surface area contributed by atoms with Crippen molar-refractivity contribution in [1.82, 2.24) is 0 Å². The summed E-state index contributed by atoms with van der Waals surface area (Å²) < 4.78 is 9.37. The van der Waals surface area contributed by atoms with E-state index in [1.807, 2.05) is 0 Å². The second-order valence-electron chi connectivity index (χ2n) is 2.00. The van der Waals surface area contributed by atoms with Gasteiger partial charge in [-0.1, -0.05) is 0 Å². The minimum Gasteiger partial charge on any atom is -0.466 e. The van der Waals surface area contributed by atoms with E-state index >= 15 is 0 Å². The van der Waals surface area contributed by atoms with Crippen molar-refractivity contribution in [2.75, 3.05) is 13.2 Å². The van der Waals surface area contributed by atoms with Crippen LogP contribution in [0.3, 0.4) is 0 Å². The second-order valence-corrected chi connectivity index (χ2v) is 2.00. The molecular weight excluding hydrogens is 304 g/mol. The Morgan fingerprint density at radius 3 is 2.70 bits per heavy atom. The fourth-order valence-electron chi connectivity index (χ4n) is 0.468. The first-order valence-corrected chi connectivity index (χ1v) is 2.85. The molecule has 0 amide bonds. The molecule has 0 aromatic heterocycles. The van der Waals surface area contributed by atoms with E-state index in [0.717, 1.165) is 0 Å². The maximum Gasteiger partial charge on any atom is 0.309 e. The zero-order valence-corrected chi connectivity index (χ0v) is 8.69. The summed E-state index contributed by atoms with van der Waals surface area (Å²) in [5.41, 5.74) is -0.851. The standard InChI is InChI=1S/C6H9O3.W/c1-3-8-5(7)6(2)4-9-6;/h2-4H2,1H3;/q-1;. The van der Waals surface area contributed by atoms with Gasteiger partial charge in [0.15, 0.2) is 0 Å². The largest absolute Gasteiger partial charge is 0.466 e. The Hall–Kier alpha value is 0.118. The van der Waals surface area contributed by atoms with E-state index in [1.54, 1.807) is 6.92 Å². The van der Waals surface area contributed by atoms with Crippen molar-refractivity contribution in [3.63, 3.8) is 0 Å². The van der Waals surface area contributed by atoms with Gasteiger partial charge in [-0.25, -0.2) is 0 Å². The van der Waals surface area contributed by atoms with Gasteiger partial charge in [-0.05, 0) is 6.92 Å². The molecule has 0 spiro atoms. The van der Waals surface area contributed by atoms with E-state index in [4.69, 9.17) is 4.74 Å². The summed E-state index contributed by atoms with van der Waals surface area (Å²) in [6.45, 7) is 6.04. The molecule has 0 radical (unpaired) electrons. The molecule has 0 saturated carbocycles. The maximum atomic E-state index is 10.7. The molecule has 0 bridgehead atoms. The second kappa shape index (κ2) is 3.49. The van der Waals surface area contributed by atoms with Crippen LogP contribution in [0.25, 0.3) is 0 Å². The van der Waals surface area contributed by atoms with Gasteiger partial charge in [0.1, 0.15) is 0 Å². The molecule has 10 heavy (non-hydrogen) atoms. The van der Waals surface area contributed by atoms with Crippen molar-refractivity contribution in [2.45, 2.75) is 12.5 Å². The van der Waals surface area contributed by atoms with Crippen LogP contribution >= 0.6 is 0 Å². The molecule has 0 aliphatic carbocycles. The van der Waals surface area contributed by atoms with E-state index in [0.29, 0.717) is 13.2 Å². The van der Waals surface area contributed by atoms with Crippen LogP contribution in [0.15, 0.2) is 0 Å². The zero-order chi connectivity index (χ0) is 6.91. The van der Waals surface area contributed by atoms with Crippen molar-refractivity contribution in [3.05, 3.63) is 6.92 Å². The summed E-state index contributed by atoms with van der Waals surface area (Å²) in [7, 11) is 0. The first kappa shape index (κ1) is 10.1. The number of hydrogen-bond acceptors (Lipinski definition) is 3. The molecule has 1 saturated heterocycles.